The summed E-state index contributed by atoms with van der Waals surface area (Å²) in [7, 11) is -0.103. The van der Waals surface area contributed by atoms with Crippen molar-refractivity contribution in [2.45, 2.75) is 30.7 Å². The van der Waals surface area contributed by atoms with Gasteiger partial charge >= 0.3 is 0 Å². The molecular formula is C14H23ClN2O3S. The molecule has 0 saturated carbocycles. The van der Waals surface area contributed by atoms with Crippen LogP contribution in [0.4, 0.5) is 0 Å². The summed E-state index contributed by atoms with van der Waals surface area (Å²) in [5.41, 5.74) is 0.877. The Balaban J connectivity index is 2.63. The van der Waals surface area contributed by atoms with E-state index in [1.165, 1.54) is 0 Å². The monoisotopic (exact) mass is 334 g/mol. The third-order valence-electron chi connectivity index (χ3n) is 2.98. The standard InChI is InChI=1S/C14H23ClN2O3S/c1-16-11-12-6-7-13(15)14(10-12)21(18,19)17-8-4-3-5-9-20-2/h6-7,10,16-17H,3-5,8-9,11H2,1-2H3. The molecule has 0 amide bonds. The minimum atomic E-state index is -3.57. The van der Waals surface area contributed by atoms with E-state index in [1.807, 2.05) is 6.07 Å². The molecule has 5 nitrogen and oxygen atoms in total. The Morgan fingerprint density at radius 1 is 1.24 bits per heavy atom. The summed E-state index contributed by atoms with van der Waals surface area (Å²) < 4.78 is 32.1. The second-order valence-corrected chi connectivity index (χ2v) is 6.89. The van der Waals surface area contributed by atoms with E-state index in [-0.39, 0.29) is 9.92 Å². The van der Waals surface area contributed by atoms with Gasteiger partial charge in [0.1, 0.15) is 4.90 Å². The van der Waals surface area contributed by atoms with E-state index in [0.717, 1.165) is 24.8 Å². The SMILES string of the molecule is CNCc1ccc(Cl)c(S(=O)(=O)NCCCCCOC)c1. The third kappa shape index (κ3) is 6.32. The minimum Gasteiger partial charge on any atom is -0.385 e. The third-order valence-corrected chi connectivity index (χ3v) is 4.93. The number of benzene rings is 1. The fourth-order valence-corrected chi connectivity index (χ4v) is 3.52. The van der Waals surface area contributed by atoms with Crippen LogP contribution in [0.5, 0.6) is 0 Å². The summed E-state index contributed by atoms with van der Waals surface area (Å²) in [6.45, 7) is 1.69. The summed E-state index contributed by atoms with van der Waals surface area (Å²) in [4.78, 5) is 0.133. The van der Waals surface area contributed by atoms with Crippen LogP contribution in [0.1, 0.15) is 24.8 Å². The zero-order chi connectivity index (χ0) is 15.7. The molecule has 1 aromatic rings. The average molecular weight is 335 g/mol. The molecule has 0 aliphatic carbocycles. The number of unbranched alkanes of at least 4 members (excludes halogenated alkanes) is 2. The van der Waals surface area contributed by atoms with Crippen molar-refractivity contribution in [2.75, 3.05) is 27.3 Å². The quantitative estimate of drug-likeness (QED) is 0.643. The molecule has 2 N–H and O–H groups in total. The maximum absolute atomic E-state index is 12.3. The fourth-order valence-electron chi connectivity index (χ4n) is 1.90. The van der Waals surface area contributed by atoms with Crippen LogP contribution in [0, 0.1) is 0 Å². The van der Waals surface area contributed by atoms with Gasteiger partial charge in [0.15, 0.2) is 0 Å². The second kappa shape index (κ2) is 9.38. The number of hydrogen-bond acceptors (Lipinski definition) is 4. The summed E-state index contributed by atoms with van der Waals surface area (Å²) in [5.74, 6) is 0. The number of hydrogen-bond donors (Lipinski definition) is 2. The van der Waals surface area contributed by atoms with Crippen molar-refractivity contribution >= 4 is 21.6 Å². The van der Waals surface area contributed by atoms with Crippen LogP contribution < -0.4 is 10.0 Å². The lowest BCUT2D eigenvalue weighted by atomic mass is 10.2. The molecule has 0 aliphatic heterocycles. The van der Waals surface area contributed by atoms with E-state index < -0.39 is 10.0 Å². The van der Waals surface area contributed by atoms with Gasteiger partial charge in [-0.05, 0) is 44.0 Å². The van der Waals surface area contributed by atoms with E-state index in [4.69, 9.17) is 16.3 Å². The molecule has 7 heteroatoms. The van der Waals surface area contributed by atoms with Crippen LogP contribution in [-0.4, -0.2) is 35.7 Å². The first-order chi connectivity index (χ1) is 10.0. The van der Waals surface area contributed by atoms with Crippen LogP contribution in [-0.2, 0) is 21.3 Å². The smallest absolute Gasteiger partial charge is 0.242 e. The van der Waals surface area contributed by atoms with Gasteiger partial charge in [-0.1, -0.05) is 17.7 Å². The van der Waals surface area contributed by atoms with Gasteiger partial charge in [0.2, 0.25) is 10.0 Å². The van der Waals surface area contributed by atoms with Gasteiger partial charge in [0.05, 0.1) is 5.02 Å². The fraction of sp³-hybridized carbons (Fsp3) is 0.571. The van der Waals surface area contributed by atoms with E-state index in [0.29, 0.717) is 19.7 Å². The number of halogens is 1. The van der Waals surface area contributed by atoms with E-state index in [2.05, 4.69) is 10.0 Å². The summed E-state index contributed by atoms with van der Waals surface area (Å²) >= 11 is 6.01. The second-order valence-electron chi connectivity index (χ2n) is 4.75. The molecular weight excluding hydrogens is 312 g/mol. The predicted molar refractivity (Wildman–Crippen MR) is 85.1 cm³/mol. The predicted octanol–water partition coefficient (Wildman–Crippen LogP) is 2.15. The van der Waals surface area contributed by atoms with Crippen LogP contribution in [0.3, 0.4) is 0 Å². The Kier molecular flexibility index (Phi) is 8.21. The molecule has 0 radical (unpaired) electrons. The Morgan fingerprint density at radius 2 is 2.00 bits per heavy atom. The van der Waals surface area contributed by atoms with Crippen molar-refractivity contribution in [3.8, 4) is 0 Å². The average Bonchev–Trinajstić information content (AvgIpc) is 2.45. The van der Waals surface area contributed by atoms with Gasteiger partial charge in [-0.3, -0.25) is 0 Å². The van der Waals surface area contributed by atoms with Gasteiger partial charge in [-0.15, -0.1) is 0 Å². The molecule has 1 aromatic carbocycles. The molecule has 0 unspecified atom stereocenters. The maximum atomic E-state index is 12.3. The minimum absolute atomic E-state index is 0.133. The summed E-state index contributed by atoms with van der Waals surface area (Å²) in [6, 6.07) is 5.02. The van der Waals surface area contributed by atoms with Crippen LogP contribution in [0.15, 0.2) is 23.1 Å². The maximum Gasteiger partial charge on any atom is 0.242 e. The number of ether oxygens (including phenoxy) is 1. The molecule has 0 spiro atoms. The largest absolute Gasteiger partial charge is 0.385 e. The Labute approximate surface area is 132 Å². The topological polar surface area (TPSA) is 67.4 Å². The zero-order valence-electron chi connectivity index (χ0n) is 12.5. The lowest BCUT2D eigenvalue weighted by Crippen LogP contribution is -2.25. The van der Waals surface area contributed by atoms with E-state index >= 15 is 0 Å². The van der Waals surface area contributed by atoms with Crippen LogP contribution in [0.25, 0.3) is 0 Å². The van der Waals surface area contributed by atoms with Crippen LogP contribution >= 0.6 is 11.6 Å². The lowest BCUT2D eigenvalue weighted by molar-refractivity contribution is 0.192. The summed E-state index contributed by atoms with van der Waals surface area (Å²) in [5, 5.41) is 3.22. The summed E-state index contributed by atoms with van der Waals surface area (Å²) in [6.07, 6.45) is 2.62. The molecule has 21 heavy (non-hydrogen) atoms. The zero-order valence-corrected chi connectivity index (χ0v) is 14.1. The highest BCUT2D eigenvalue weighted by atomic mass is 35.5. The normalized spacial score (nSPS) is 11.8. The van der Waals surface area contributed by atoms with Crippen molar-refractivity contribution < 1.29 is 13.2 Å². The highest BCUT2D eigenvalue weighted by molar-refractivity contribution is 7.89. The van der Waals surface area contributed by atoms with E-state index in [9.17, 15) is 8.42 Å². The van der Waals surface area contributed by atoms with Gasteiger partial charge in [0, 0.05) is 26.8 Å². The lowest BCUT2D eigenvalue weighted by Gasteiger charge is -2.10. The molecule has 0 heterocycles. The Bertz CT molecular complexity index is 535. The van der Waals surface area contributed by atoms with Crippen molar-refractivity contribution in [1.29, 1.82) is 0 Å². The first-order valence-electron chi connectivity index (χ1n) is 6.93. The molecule has 0 atom stereocenters. The van der Waals surface area contributed by atoms with Crippen molar-refractivity contribution in [3.05, 3.63) is 28.8 Å². The van der Waals surface area contributed by atoms with Gasteiger partial charge in [0.25, 0.3) is 0 Å². The molecule has 0 saturated heterocycles. The molecule has 0 bridgehead atoms. The van der Waals surface area contributed by atoms with Gasteiger partial charge < -0.3 is 10.1 Å². The van der Waals surface area contributed by atoms with Gasteiger partial charge in [-0.2, -0.15) is 0 Å². The Hall–Kier alpha value is -0.660. The molecule has 1 rings (SSSR count). The molecule has 0 aliphatic rings. The number of methoxy groups -OCH3 is 1. The Morgan fingerprint density at radius 3 is 2.67 bits per heavy atom. The highest BCUT2D eigenvalue weighted by Crippen LogP contribution is 2.22. The van der Waals surface area contributed by atoms with Crippen LogP contribution in [0.2, 0.25) is 5.02 Å². The molecule has 0 fully saturated rings. The number of rotatable bonds is 10. The number of sulfonamides is 1. The van der Waals surface area contributed by atoms with E-state index in [1.54, 1.807) is 26.3 Å². The first kappa shape index (κ1) is 18.4. The molecule has 120 valence electrons. The first-order valence-corrected chi connectivity index (χ1v) is 8.79. The molecule has 0 aromatic heterocycles. The highest BCUT2D eigenvalue weighted by Gasteiger charge is 2.17. The number of nitrogens with one attached hydrogen (secondary N) is 2. The van der Waals surface area contributed by atoms with Crippen molar-refractivity contribution in [2.24, 2.45) is 0 Å². The van der Waals surface area contributed by atoms with Gasteiger partial charge in [-0.25, -0.2) is 13.1 Å². The van der Waals surface area contributed by atoms with Crippen molar-refractivity contribution in [3.63, 3.8) is 0 Å². The van der Waals surface area contributed by atoms with Crippen molar-refractivity contribution in [1.82, 2.24) is 10.0 Å².